The first-order valence-corrected chi connectivity index (χ1v) is 4.95. The molecule has 0 saturated heterocycles. The van der Waals surface area contributed by atoms with Crippen molar-refractivity contribution in [2.75, 3.05) is 20.2 Å². The molecule has 0 radical (unpaired) electrons. The Hall–Kier alpha value is -2.11. The van der Waals surface area contributed by atoms with Crippen molar-refractivity contribution in [2.24, 2.45) is 0 Å². The molecule has 0 aromatic carbocycles. The van der Waals surface area contributed by atoms with E-state index in [1.54, 1.807) is 6.92 Å². The van der Waals surface area contributed by atoms with Crippen LogP contribution in [-0.2, 0) is 19.1 Å². The molecular formula is C11H16N2O4. The average Bonchev–Trinajstić information content (AvgIpc) is 2.30. The second-order valence-electron chi connectivity index (χ2n) is 3.18. The van der Waals surface area contributed by atoms with E-state index in [0.29, 0.717) is 12.1 Å². The molecule has 0 rings (SSSR count). The highest BCUT2D eigenvalue weighted by molar-refractivity contribution is 5.94. The standard InChI is InChI=1S/C11H16N2O4/c1-8(2)11(16)13-7-6-12-9(14)4-5-10(15)17-3/h4-5H,1,6-7H2,2-3H3,(H,12,14)(H,13,16)/b5-4+. The summed E-state index contributed by atoms with van der Waals surface area (Å²) in [6.07, 6.45) is 2.08. The fraction of sp³-hybridized carbons (Fsp3) is 0.364. The van der Waals surface area contributed by atoms with Crippen LogP contribution in [0.3, 0.4) is 0 Å². The molecular weight excluding hydrogens is 224 g/mol. The molecule has 0 atom stereocenters. The van der Waals surface area contributed by atoms with E-state index < -0.39 is 11.9 Å². The van der Waals surface area contributed by atoms with Crippen LogP contribution in [0, 0.1) is 0 Å². The maximum atomic E-state index is 11.1. The Morgan fingerprint density at radius 3 is 2.29 bits per heavy atom. The zero-order valence-electron chi connectivity index (χ0n) is 9.91. The summed E-state index contributed by atoms with van der Waals surface area (Å²) >= 11 is 0. The fourth-order valence-corrected chi connectivity index (χ4v) is 0.783. The number of hydrogen-bond donors (Lipinski definition) is 2. The molecule has 0 spiro atoms. The molecule has 6 heteroatoms. The minimum absolute atomic E-state index is 0.260. The van der Waals surface area contributed by atoms with E-state index in [1.165, 1.54) is 7.11 Å². The van der Waals surface area contributed by atoms with Gasteiger partial charge in [-0.05, 0) is 6.92 Å². The summed E-state index contributed by atoms with van der Waals surface area (Å²) in [4.78, 5) is 32.8. The molecule has 0 aliphatic carbocycles. The molecule has 0 aliphatic rings. The number of ether oxygens (including phenoxy) is 1. The summed E-state index contributed by atoms with van der Waals surface area (Å²) in [6.45, 7) is 5.62. The number of carbonyl (C=O) groups is 3. The van der Waals surface area contributed by atoms with E-state index in [2.05, 4.69) is 21.9 Å². The number of rotatable bonds is 6. The van der Waals surface area contributed by atoms with Crippen molar-refractivity contribution >= 4 is 17.8 Å². The summed E-state index contributed by atoms with van der Waals surface area (Å²) in [7, 11) is 1.22. The van der Waals surface area contributed by atoms with Crippen molar-refractivity contribution in [3.63, 3.8) is 0 Å². The lowest BCUT2D eigenvalue weighted by Gasteiger charge is -2.04. The first kappa shape index (κ1) is 14.9. The van der Waals surface area contributed by atoms with Crippen LogP contribution in [0.1, 0.15) is 6.92 Å². The van der Waals surface area contributed by atoms with E-state index in [9.17, 15) is 14.4 Å². The molecule has 0 heterocycles. The van der Waals surface area contributed by atoms with Gasteiger partial charge >= 0.3 is 5.97 Å². The van der Waals surface area contributed by atoms with Crippen molar-refractivity contribution in [2.45, 2.75) is 6.92 Å². The van der Waals surface area contributed by atoms with Gasteiger partial charge in [-0.15, -0.1) is 0 Å². The van der Waals surface area contributed by atoms with Crippen LogP contribution in [0.2, 0.25) is 0 Å². The zero-order chi connectivity index (χ0) is 13.3. The monoisotopic (exact) mass is 240 g/mol. The van der Waals surface area contributed by atoms with Crippen LogP contribution in [0.25, 0.3) is 0 Å². The van der Waals surface area contributed by atoms with Gasteiger partial charge in [0, 0.05) is 30.8 Å². The summed E-state index contributed by atoms with van der Waals surface area (Å²) in [6, 6.07) is 0. The van der Waals surface area contributed by atoms with Gasteiger partial charge in [-0.3, -0.25) is 9.59 Å². The second kappa shape index (κ2) is 8.09. The third kappa shape index (κ3) is 7.78. The third-order valence-corrected chi connectivity index (χ3v) is 1.67. The Balaban J connectivity index is 3.72. The second-order valence-corrected chi connectivity index (χ2v) is 3.18. The smallest absolute Gasteiger partial charge is 0.330 e. The summed E-state index contributed by atoms with van der Waals surface area (Å²) in [5.74, 6) is -1.29. The fourth-order valence-electron chi connectivity index (χ4n) is 0.783. The normalized spacial score (nSPS) is 9.76. The number of methoxy groups -OCH3 is 1. The zero-order valence-corrected chi connectivity index (χ0v) is 9.91. The Kier molecular flexibility index (Phi) is 7.09. The van der Waals surface area contributed by atoms with Gasteiger partial charge in [0.15, 0.2) is 0 Å². The Morgan fingerprint density at radius 2 is 1.76 bits per heavy atom. The highest BCUT2D eigenvalue weighted by Gasteiger charge is 2.00. The molecule has 94 valence electrons. The van der Waals surface area contributed by atoms with E-state index in [1.807, 2.05) is 0 Å². The van der Waals surface area contributed by atoms with Crippen molar-refractivity contribution in [1.29, 1.82) is 0 Å². The van der Waals surface area contributed by atoms with Gasteiger partial charge in [0.1, 0.15) is 0 Å². The largest absolute Gasteiger partial charge is 0.466 e. The van der Waals surface area contributed by atoms with E-state index in [0.717, 1.165) is 12.2 Å². The van der Waals surface area contributed by atoms with Crippen LogP contribution in [-0.4, -0.2) is 38.0 Å². The van der Waals surface area contributed by atoms with Crippen LogP contribution >= 0.6 is 0 Å². The predicted octanol–water partition coefficient (Wildman–Crippen LogP) is -0.476. The maximum Gasteiger partial charge on any atom is 0.330 e. The molecule has 2 amide bonds. The third-order valence-electron chi connectivity index (χ3n) is 1.67. The van der Waals surface area contributed by atoms with Crippen LogP contribution in [0.4, 0.5) is 0 Å². The molecule has 0 aromatic rings. The van der Waals surface area contributed by atoms with Gasteiger partial charge in [0.2, 0.25) is 11.8 Å². The number of esters is 1. The summed E-state index contributed by atoms with van der Waals surface area (Å²) < 4.78 is 4.31. The highest BCUT2D eigenvalue weighted by atomic mass is 16.5. The lowest BCUT2D eigenvalue weighted by Crippen LogP contribution is -2.34. The first-order valence-electron chi connectivity index (χ1n) is 4.95. The van der Waals surface area contributed by atoms with Gasteiger partial charge in [-0.1, -0.05) is 6.58 Å². The van der Waals surface area contributed by atoms with Gasteiger partial charge < -0.3 is 15.4 Å². The SMILES string of the molecule is C=C(C)C(=O)NCCNC(=O)/C=C/C(=O)OC. The van der Waals surface area contributed by atoms with Crippen molar-refractivity contribution in [3.8, 4) is 0 Å². The van der Waals surface area contributed by atoms with E-state index in [4.69, 9.17) is 0 Å². The maximum absolute atomic E-state index is 11.1. The minimum atomic E-state index is -0.601. The number of nitrogens with one attached hydrogen (secondary N) is 2. The van der Waals surface area contributed by atoms with Gasteiger partial charge in [-0.25, -0.2) is 4.79 Å². The Labute approximate surface area is 99.7 Å². The molecule has 0 aromatic heterocycles. The molecule has 6 nitrogen and oxygen atoms in total. The average molecular weight is 240 g/mol. The number of carbonyl (C=O) groups excluding carboxylic acids is 3. The topological polar surface area (TPSA) is 84.5 Å². The molecule has 2 N–H and O–H groups in total. The van der Waals surface area contributed by atoms with Gasteiger partial charge in [-0.2, -0.15) is 0 Å². The molecule has 0 unspecified atom stereocenters. The highest BCUT2D eigenvalue weighted by Crippen LogP contribution is 1.84. The van der Waals surface area contributed by atoms with Gasteiger partial charge in [0.05, 0.1) is 7.11 Å². The first-order chi connectivity index (χ1) is 7.97. The van der Waals surface area contributed by atoms with Crippen molar-refractivity contribution < 1.29 is 19.1 Å². The quantitative estimate of drug-likeness (QED) is 0.373. The number of amides is 2. The molecule has 0 bridgehead atoms. The molecule has 0 aliphatic heterocycles. The predicted molar refractivity (Wildman–Crippen MR) is 62.0 cm³/mol. The number of hydrogen-bond acceptors (Lipinski definition) is 4. The Morgan fingerprint density at radius 1 is 1.18 bits per heavy atom. The summed E-state index contributed by atoms with van der Waals surface area (Å²) in [5, 5.41) is 5.02. The van der Waals surface area contributed by atoms with Gasteiger partial charge in [0.25, 0.3) is 0 Å². The van der Waals surface area contributed by atoms with Crippen molar-refractivity contribution in [3.05, 3.63) is 24.3 Å². The van der Waals surface area contributed by atoms with Crippen LogP contribution in [0.15, 0.2) is 24.3 Å². The molecule has 17 heavy (non-hydrogen) atoms. The summed E-state index contributed by atoms with van der Waals surface area (Å²) in [5.41, 5.74) is 0.405. The lowest BCUT2D eigenvalue weighted by molar-refractivity contribution is -0.135. The van der Waals surface area contributed by atoms with Crippen LogP contribution < -0.4 is 10.6 Å². The van der Waals surface area contributed by atoms with E-state index in [-0.39, 0.29) is 12.5 Å². The molecule has 0 fully saturated rings. The Bertz CT molecular complexity index is 347. The minimum Gasteiger partial charge on any atom is -0.466 e. The van der Waals surface area contributed by atoms with E-state index >= 15 is 0 Å². The van der Waals surface area contributed by atoms with Crippen LogP contribution in [0.5, 0.6) is 0 Å². The van der Waals surface area contributed by atoms with Crippen molar-refractivity contribution in [1.82, 2.24) is 10.6 Å². The lowest BCUT2D eigenvalue weighted by atomic mass is 10.3. The molecule has 0 saturated carbocycles.